The Morgan fingerprint density at radius 1 is 1.67 bits per heavy atom. The van der Waals surface area contributed by atoms with Crippen molar-refractivity contribution in [3.05, 3.63) is 0 Å². The Morgan fingerprint density at radius 2 is 2.25 bits per heavy atom. The minimum atomic E-state index is -0.621. The maximum Gasteiger partial charge on any atom is 0.235 e. The number of nitrogens with two attached hydrogens (primary N) is 2. The number of hydrogen-bond donors (Lipinski definition) is 3. The van der Waals surface area contributed by atoms with Gasteiger partial charge in [0, 0.05) is 19.7 Å². The Morgan fingerprint density at radius 3 is 2.67 bits per heavy atom. The van der Waals surface area contributed by atoms with E-state index in [1.807, 2.05) is 6.92 Å². The number of carbonyl (C=O) groups excluding carboxylic acids is 1. The molecule has 0 aliphatic heterocycles. The summed E-state index contributed by atoms with van der Waals surface area (Å²) in [4.78, 5) is 10.5. The van der Waals surface area contributed by atoms with Gasteiger partial charge in [0.25, 0.3) is 0 Å². The molecule has 0 heterocycles. The number of amides is 1. The molecular weight excluding hydrogens is 158 g/mol. The van der Waals surface area contributed by atoms with Crippen molar-refractivity contribution in [3.8, 4) is 0 Å². The van der Waals surface area contributed by atoms with Crippen LogP contribution in [0.5, 0.6) is 0 Å². The molecule has 0 aromatic carbocycles. The summed E-state index contributed by atoms with van der Waals surface area (Å²) < 4.78 is 4.88. The van der Waals surface area contributed by atoms with Gasteiger partial charge in [0.15, 0.2) is 0 Å². The molecule has 12 heavy (non-hydrogen) atoms. The van der Waals surface area contributed by atoms with E-state index in [1.54, 1.807) is 7.11 Å². The second kappa shape index (κ2) is 5.93. The molecule has 0 aromatic heterocycles. The lowest BCUT2D eigenvalue weighted by molar-refractivity contribution is -0.119. The highest BCUT2D eigenvalue weighted by molar-refractivity contribution is 5.79. The van der Waals surface area contributed by atoms with Crippen LogP contribution in [0.25, 0.3) is 0 Å². The minimum absolute atomic E-state index is 0.181. The fourth-order valence-corrected chi connectivity index (χ4v) is 0.738. The van der Waals surface area contributed by atoms with Crippen molar-refractivity contribution in [1.82, 2.24) is 5.32 Å². The first-order valence-corrected chi connectivity index (χ1v) is 3.85. The van der Waals surface area contributed by atoms with Gasteiger partial charge in [0.1, 0.15) is 0 Å². The van der Waals surface area contributed by atoms with Crippen LogP contribution in [-0.4, -0.2) is 38.3 Å². The van der Waals surface area contributed by atoms with Crippen molar-refractivity contribution in [2.75, 3.05) is 20.3 Å². The molecule has 5 heteroatoms. The first-order valence-electron chi connectivity index (χ1n) is 3.85. The number of carbonyl (C=O) groups is 1. The van der Waals surface area contributed by atoms with E-state index in [9.17, 15) is 4.79 Å². The van der Waals surface area contributed by atoms with Gasteiger partial charge in [-0.3, -0.25) is 4.79 Å². The normalized spacial score (nSPS) is 15.6. The van der Waals surface area contributed by atoms with Crippen LogP contribution in [0.3, 0.4) is 0 Å². The highest BCUT2D eigenvalue weighted by Gasteiger charge is 2.09. The van der Waals surface area contributed by atoms with Crippen molar-refractivity contribution in [2.24, 2.45) is 11.5 Å². The molecular formula is C7H17N3O2. The van der Waals surface area contributed by atoms with Gasteiger partial charge < -0.3 is 21.5 Å². The van der Waals surface area contributed by atoms with Gasteiger partial charge in [-0.05, 0) is 6.92 Å². The number of methoxy groups -OCH3 is 1. The molecule has 0 saturated heterocycles. The van der Waals surface area contributed by atoms with E-state index >= 15 is 0 Å². The van der Waals surface area contributed by atoms with Crippen molar-refractivity contribution >= 4 is 5.91 Å². The highest BCUT2D eigenvalue weighted by Crippen LogP contribution is 1.82. The summed E-state index contributed by atoms with van der Waals surface area (Å²) in [5.41, 5.74) is 10.3. The summed E-state index contributed by atoms with van der Waals surface area (Å²) in [5, 5.41) is 3.01. The van der Waals surface area contributed by atoms with Gasteiger partial charge in [0.05, 0.1) is 12.6 Å². The molecule has 0 aliphatic carbocycles. The molecule has 0 radical (unpaired) electrons. The maximum absolute atomic E-state index is 10.5. The molecule has 72 valence electrons. The Bertz CT molecular complexity index is 141. The lowest BCUT2D eigenvalue weighted by atomic mass is 10.2. The predicted octanol–water partition coefficient (Wildman–Crippen LogP) is -1.58. The molecule has 0 spiro atoms. The van der Waals surface area contributed by atoms with E-state index < -0.39 is 11.9 Å². The third kappa shape index (κ3) is 5.06. The molecule has 5 N–H and O–H groups in total. The molecule has 0 aromatic rings. The Kier molecular flexibility index (Phi) is 5.61. The van der Waals surface area contributed by atoms with Crippen LogP contribution in [0.2, 0.25) is 0 Å². The largest absolute Gasteiger partial charge is 0.383 e. The fourth-order valence-electron chi connectivity index (χ4n) is 0.738. The Hall–Kier alpha value is -0.650. The van der Waals surface area contributed by atoms with E-state index in [1.165, 1.54) is 0 Å². The molecule has 2 atom stereocenters. The molecule has 0 fully saturated rings. The Balaban J connectivity index is 3.46. The van der Waals surface area contributed by atoms with Crippen molar-refractivity contribution in [1.29, 1.82) is 0 Å². The van der Waals surface area contributed by atoms with Gasteiger partial charge in [-0.15, -0.1) is 0 Å². The molecule has 0 aliphatic rings. The average molecular weight is 175 g/mol. The molecule has 0 bridgehead atoms. The number of nitrogens with one attached hydrogen (secondary N) is 1. The van der Waals surface area contributed by atoms with E-state index in [0.29, 0.717) is 13.2 Å². The third-order valence-corrected chi connectivity index (χ3v) is 1.47. The summed E-state index contributed by atoms with van der Waals surface area (Å²) in [6, 6.07) is -0.440. The standard InChI is InChI=1S/C7H17N3O2/c1-5(4-12-2)10-3-6(8)7(9)11/h5-6,10H,3-4,8H2,1-2H3,(H2,9,11). The predicted molar refractivity (Wildman–Crippen MR) is 46.5 cm³/mol. The van der Waals surface area contributed by atoms with Gasteiger partial charge in [-0.25, -0.2) is 0 Å². The number of rotatable bonds is 6. The van der Waals surface area contributed by atoms with Crippen molar-refractivity contribution in [3.63, 3.8) is 0 Å². The van der Waals surface area contributed by atoms with Gasteiger partial charge in [-0.1, -0.05) is 0 Å². The van der Waals surface area contributed by atoms with Crippen LogP contribution in [0.4, 0.5) is 0 Å². The van der Waals surface area contributed by atoms with E-state index in [0.717, 1.165) is 0 Å². The smallest absolute Gasteiger partial charge is 0.235 e. The van der Waals surface area contributed by atoms with Crippen LogP contribution in [-0.2, 0) is 9.53 Å². The molecule has 0 saturated carbocycles. The minimum Gasteiger partial charge on any atom is -0.383 e. The highest BCUT2D eigenvalue weighted by atomic mass is 16.5. The molecule has 5 nitrogen and oxygen atoms in total. The lowest BCUT2D eigenvalue weighted by Crippen LogP contribution is -2.47. The SMILES string of the molecule is COCC(C)NCC(N)C(N)=O. The van der Waals surface area contributed by atoms with Gasteiger partial charge in [-0.2, -0.15) is 0 Å². The summed E-state index contributed by atoms with van der Waals surface area (Å²) in [7, 11) is 1.62. The quantitative estimate of drug-likeness (QED) is 0.454. The van der Waals surface area contributed by atoms with Gasteiger partial charge in [0.2, 0.25) is 5.91 Å². The zero-order chi connectivity index (χ0) is 9.56. The fraction of sp³-hybridized carbons (Fsp3) is 0.857. The molecule has 1 amide bonds. The monoisotopic (exact) mass is 175 g/mol. The topological polar surface area (TPSA) is 90.4 Å². The maximum atomic E-state index is 10.5. The first-order chi connectivity index (χ1) is 5.57. The van der Waals surface area contributed by atoms with Crippen LogP contribution in [0.1, 0.15) is 6.92 Å². The summed E-state index contributed by atoms with van der Waals surface area (Å²) in [6.07, 6.45) is 0. The average Bonchev–Trinajstić information content (AvgIpc) is 2.00. The van der Waals surface area contributed by atoms with Crippen LogP contribution in [0.15, 0.2) is 0 Å². The van der Waals surface area contributed by atoms with E-state index in [-0.39, 0.29) is 6.04 Å². The summed E-state index contributed by atoms with van der Waals surface area (Å²) in [5.74, 6) is -0.493. The number of primary amides is 1. The second-order valence-electron chi connectivity index (χ2n) is 2.77. The van der Waals surface area contributed by atoms with Crippen LogP contribution in [0, 0.1) is 0 Å². The lowest BCUT2D eigenvalue weighted by Gasteiger charge is -2.14. The molecule has 2 unspecified atom stereocenters. The van der Waals surface area contributed by atoms with Gasteiger partial charge >= 0.3 is 0 Å². The van der Waals surface area contributed by atoms with Crippen molar-refractivity contribution in [2.45, 2.75) is 19.0 Å². The molecule has 0 rings (SSSR count). The summed E-state index contributed by atoms with van der Waals surface area (Å²) >= 11 is 0. The number of hydrogen-bond acceptors (Lipinski definition) is 4. The van der Waals surface area contributed by atoms with Crippen molar-refractivity contribution < 1.29 is 9.53 Å². The zero-order valence-corrected chi connectivity index (χ0v) is 7.54. The van der Waals surface area contributed by atoms with Crippen LogP contribution < -0.4 is 16.8 Å². The van der Waals surface area contributed by atoms with Crippen LogP contribution >= 0.6 is 0 Å². The Labute approximate surface area is 72.4 Å². The second-order valence-corrected chi connectivity index (χ2v) is 2.77. The third-order valence-electron chi connectivity index (χ3n) is 1.47. The summed E-state index contributed by atoms with van der Waals surface area (Å²) in [6.45, 7) is 2.92. The van der Waals surface area contributed by atoms with E-state index in [4.69, 9.17) is 16.2 Å². The van der Waals surface area contributed by atoms with E-state index in [2.05, 4.69) is 5.32 Å². The number of ether oxygens (including phenoxy) is 1. The zero-order valence-electron chi connectivity index (χ0n) is 7.54. The first kappa shape index (κ1) is 11.4.